The van der Waals surface area contributed by atoms with Crippen LogP contribution in [0.2, 0.25) is 0 Å². The molecule has 0 radical (unpaired) electrons. The molecule has 0 saturated carbocycles. The van der Waals surface area contributed by atoms with Gasteiger partial charge in [0.05, 0.1) is 11.5 Å². The summed E-state index contributed by atoms with van der Waals surface area (Å²) >= 11 is 0. The third kappa shape index (κ3) is 6.14. The Morgan fingerprint density at radius 2 is 2.03 bits per heavy atom. The fraction of sp³-hybridized carbons (Fsp3) is 0.294. The lowest BCUT2D eigenvalue weighted by molar-refractivity contribution is -0.141. The number of carbonyl (C=O) groups is 1. The lowest BCUT2D eigenvalue weighted by Gasteiger charge is -2.06. The number of rotatable bonds is 7. The van der Waals surface area contributed by atoms with Crippen molar-refractivity contribution in [2.75, 3.05) is 19.4 Å². The number of nitrogens with two attached hydrogens (primary N) is 1. The number of alkyl halides is 3. The van der Waals surface area contributed by atoms with E-state index in [0.29, 0.717) is 6.08 Å². The first-order valence-corrected chi connectivity index (χ1v) is 10.2. The van der Waals surface area contributed by atoms with Gasteiger partial charge in [-0.3, -0.25) is 9.79 Å². The minimum atomic E-state index is -4.85. The van der Waals surface area contributed by atoms with Crippen LogP contribution in [-0.2, 0) is 19.4 Å². The van der Waals surface area contributed by atoms with Gasteiger partial charge in [0.2, 0.25) is 5.89 Å². The first-order valence-electron chi connectivity index (χ1n) is 8.30. The van der Waals surface area contributed by atoms with E-state index in [1.807, 2.05) is 0 Å². The molecular weight excluding hydrogens is 429 g/mol. The summed E-state index contributed by atoms with van der Waals surface area (Å²) in [6, 6.07) is 5.53. The van der Waals surface area contributed by atoms with E-state index in [9.17, 15) is 26.4 Å². The average Bonchev–Trinajstić information content (AvgIpc) is 3.14. The highest BCUT2D eigenvalue weighted by Gasteiger charge is 2.32. The number of sulfone groups is 1. The molecule has 0 spiro atoms. The van der Waals surface area contributed by atoms with Crippen LogP contribution in [0.5, 0.6) is 0 Å². The van der Waals surface area contributed by atoms with E-state index in [2.05, 4.69) is 19.9 Å². The molecule has 2 aromatic rings. The van der Waals surface area contributed by atoms with Crippen LogP contribution in [0.25, 0.3) is 11.5 Å². The molecule has 30 heavy (non-hydrogen) atoms. The first kappa shape index (κ1) is 23.1. The van der Waals surface area contributed by atoms with Gasteiger partial charge in [-0.2, -0.15) is 13.2 Å². The van der Waals surface area contributed by atoms with E-state index in [0.717, 1.165) is 6.26 Å². The Bertz CT molecular complexity index is 1090. The number of ether oxygens (including phenoxy) is 1. The zero-order valence-corrected chi connectivity index (χ0v) is 16.6. The predicted molar refractivity (Wildman–Crippen MR) is 99.2 cm³/mol. The lowest BCUT2D eigenvalue weighted by atomic mass is 10.2. The molecule has 0 bridgehead atoms. The summed E-state index contributed by atoms with van der Waals surface area (Å²) in [5.74, 6) is -1.40. The minimum absolute atomic E-state index is 0.0165. The second kappa shape index (κ2) is 9.07. The molecule has 2 N–H and O–H groups in total. The highest BCUT2D eigenvalue weighted by atomic mass is 32.2. The van der Waals surface area contributed by atoms with Gasteiger partial charge in [-0.25, -0.2) is 8.42 Å². The van der Waals surface area contributed by atoms with Crippen molar-refractivity contribution in [3.8, 4) is 11.5 Å². The first-order chi connectivity index (χ1) is 13.9. The van der Waals surface area contributed by atoms with Gasteiger partial charge in [0.15, 0.2) is 9.84 Å². The molecule has 1 aromatic heterocycles. The fourth-order valence-corrected chi connectivity index (χ4v) is 2.73. The Hall–Kier alpha value is -3.22. The second-order valence-electron chi connectivity index (χ2n) is 5.82. The van der Waals surface area contributed by atoms with Gasteiger partial charge in [-0.1, -0.05) is 6.07 Å². The van der Waals surface area contributed by atoms with Crippen LogP contribution >= 0.6 is 0 Å². The standard InChI is InChI=1S/C17H17F3N4O5S/c1-3-28-14(25)9-22-12(8-13(21)17(18,19)20)16-24-23-15(29-16)10-5-4-6-11(7-10)30(2,26)27/h4-8H,3,9,21H2,1-2H3. The molecule has 0 aliphatic heterocycles. The molecule has 0 saturated heterocycles. The van der Waals surface area contributed by atoms with Crippen molar-refractivity contribution >= 4 is 21.5 Å². The van der Waals surface area contributed by atoms with Crippen LogP contribution in [0, 0.1) is 0 Å². The molecule has 0 atom stereocenters. The molecule has 0 aliphatic carbocycles. The summed E-state index contributed by atoms with van der Waals surface area (Å²) in [4.78, 5) is 15.2. The number of aromatic nitrogens is 2. The van der Waals surface area contributed by atoms with Crippen molar-refractivity contribution < 1.29 is 35.5 Å². The number of allylic oxidation sites excluding steroid dienone is 2. The molecule has 1 aromatic carbocycles. The van der Waals surface area contributed by atoms with Crippen molar-refractivity contribution in [1.82, 2.24) is 10.2 Å². The highest BCUT2D eigenvalue weighted by Crippen LogP contribution is 2.24. The summed E-state index contributed by atoms with van der Waals surface area (Å²) in [6.07, 6.45) is -3.39. The third-order valence-corrected chi connectivity index (χ3v) is 4.57. The van der Waals surface area contributed by atoms with Gasteiger partial charge in [0.25, 0.3) is 5.89 Å². The normalized spacial score (nSPS) is 13.4. The van der Waals surface area contributed by atoms with Crippen molar-refractivity contribution in [2.45, 2.75) is 18.0 Å². The summed E-state index contributed by atoms with van der Waals surface area (Å²) in [7, 11) is -3.51. The van der Waals surface area contributed by atoms with Crippen LogP contribution < -0.4 is 5.73 Å². The third-order valence-electron chi connectivity index (χ3n) is 3.46. The Morgan fingerprint density at radius 1 is 1.33 bits per heavy atom. The van der Waals surface area contributed by atoms with E-state index in [-0.39, 0.29) is 23.0 Å². The van der Waals surface area contributed by atoms with Crippen LogP contribution in [0.15, 0.2) is 50.3 Å². The van der Waals surface area contributed by atoms with Gasteiger partial charge in [-0.05, 0) is 31.2 Å². The molecule has 2 rings (SSSR count). The van der Waals surface area contributed by atoms with E-state index in [1.54, 1.807) is 6.92 Å². The van der Waals surface area contributed by atoms with Crippen molar-refractivity contribution in [2.24, 2.45) is 10.7 Å². The number of nitrogens with zero attached hydrogens (tertiary/aromatic N) is 3. The monoisotopic (exact) mass is 446 g/mol. The summed E-state index contributed by atoms with van der Waals surface area (Å²) in [5.41, 5.74) is 3.25. The van der Waals surface area contributed by atoms with Gasteiger partial charge >= 0.3 is 12.1 Å². The summed E-state index contributed by atoms with van der Waals surface area (Å²) in [5, 5.41) is 7.33. The maximum Gasteiger partial charge on any atom is 0.430 e. The van der Waals surface area contributed by atoms with Gasteiger partial charge in [0, 0.05) is 11.8 Å². The lowest BCUT2D eigenvalue weighted by Crippen LogP contribution is -2.21. The number of hydrogen-bond acceptors (Lipinski definition) is 9. The largest absolute Gasteiger partial charge is 0.465 e. The second-order valence-corrected chi connectivity index (χ2v) is 7.83. The Balaban J connectivity index is 2.45. The number of esters is 1. The minimum Gasteiger partial charge on any atom is -0.465 e. The van der Waals surface area contributed by atoms with E-state index in [4.69, 9.17) is 10.2 Å². The van der Waals surface area contributed by atoms with Gasteiger partial charge in [-0.15, -0.1) is 10.2 Å². The zero-order chi connectivity index (χ0) is 22.5. The van der Waals surface area contributed by atoms with Crippen LogP contribution in [0.1, 0.15) is 12.8 Å². The van der Waals surface area contributed by atoms with E-state index < -0.39 is 45.8 Å². The van der Waals surface area contributed by atoms with Crippen molar-refractivity contribution in [3.63, 3.8) is 0 Å². The quantitative estimate of drug-likeness (QED) is 0.503. The molecule has 0 fully saturated rings. The molecule has 0 amide bonds. The number of aliphatic imine (C=N–C) groups is 1. The molecule has 1 heterocycles. The Labute approximate surface area is 169 Å². The maximum absolute atomic E-state index is 12.8. The molecule has 0 unspecified atom stereocenters. The molecule has 9 nitrogen and oxygen atoms in total. The zero-order valence-electron chi connectivity index (χ0n) is 15.8. The maximum atomic E-state index is 12.8. The molecule has 13 heteroatoms. The number of hydrogen-bond donors (Lipinski definition) is 1. The topological polar surface area (TPSA) is 138 Å². The predicted octanol–water partition coefficient (Wildman–Crippen LogP) is 1.90. The fourth-order valence-electron chi connectivity index (χ4n) is 2.06. The van der Waals surface area contributed by atoms with E-state index in [1.165, 1.54) is 24.3 Å². The van der Waals surface area contributed by atoms with Crippen molar-refractivity contribution in [3.05, 3.63) is 41.9 Å². The van der Waals surface area contributed by atoms with Crippen molar-refractivity contribution in [1.29, 1.82) is 0 Å². The van der Waals surface area contributed by atoms with Crippen LogP contribution in [0.4, 0.5) is 13.2 Å². The van der Waals surface area contributed by atoms with Crippen LogP contribution in [0.3, 0.4) is 0 Å². The van der Waals surface area contributed by atoms with Gasteiger partial charge < -0.3 is 14.9 Å². The Morgan fingerprint density at radius 3 is 2.63 bits per heavy atom. The average molecular weight is 446 g/mol. The van der Waals surface area contributed by atoms with Crippen LogP contribution in [-0.4, -0.2) is 55.9 Å². The van der Waals surface area contributed by atoms with E-state index >= 15 is 0 Å². The molecule has 162 valence electrons. The molecule has 0 aliphatic rings. The SMILES string of the molecule is CCOC(=O)CN=C(C=C(N)C(F)(F)F)c1nnc(-c2cccc(S(C)(=O)=O)c2)o1. The smallest absolute Gasteiger partial charge is 0.430 e. The number of carbonyl (C=O) groups excluding carboxylic acids is 1. The van der Waals surface area contributed by atoms with Gasteiger partial charge in [0.1, 0.15) is 18.0 Å². The Kier molecular flexibility index (Phi) is 6.97. The number of halogens is 3. The highest BCUT2D eigenvalue weighted by molar-refractivity contribution is 7.90. The summed E-state index contributed by atoms with van der Waals surface area (Å²) in [6.45, 7) is 1.01. The molecular formula is C17H17F3N4O5S. The number of benzene rings is 1. The summed E-state index contributed by atoms with van der Waals surface area (Å²) < 4.78 is 71.8.